The number of hydrogen-bond donors (Lipinski definition) is 2. The molecule has 110 valence electrons. The third kappa shape index (κ3) is 2.67. The Morgan fingerprint density at radius 3 is 2.81 bits per heavy atom. The molecule has 0 saturated carbocycles. The van der Waals surface area contributed by atoms with Gasteiger partial charge in [-0.1, -0.05) is 12.1 Å². The van der Waals surface area contributed by atoms with Crippen molar-refractivity contribution in [3.63, 3.8) is 0 Å². The number of nitro benzene ring substituents is 1. The monoisotopic (exact) mass is 286 g/mol. The van der Waals surface area contributed by atoms with E-state index < -0.39 is 0 Å². The van der Waals surface area contributed by atoms with Crippen LogP contribution in [-0.4, -0.2) is 28.5 Å². The molecule has 1 aliphatic heterocycles. The quantitative estimate of drug-likeness (QED) is 0.670. The van der Waals surface area contributed by atoms with Gasteiger partial charge in [0.05, 0.1) is 4.92 Å². The number of nitrogens with zero attached hydrogens (tertiary/aromatic N) is 2. The third-order valence-electron chi connectivity index (χ3n) is 4.09. The summed E-state index contributed by atoms with van der Waals surface area (Å²) < 4.78 is 0. The number of non-ortho nitro benzene ring substituents is 1. The Kier molecular flexibility index (Phi) is 3.47. The molecule has 1 saturated heterocycles. The highest BCUT2D eigenvalue weighted by Crippen LogP contribution is 2.32. The van der Waals surface area contributed by atoms with Crippen LogP contribution >= 0.6 is 0 Å². The summed E-state index contributed by atoms with van der Waals surface area (Å²) in [6.45, 7) is 4.15. The van der Waals surface area contributed by atoms with E-state index in [-0.39, 0.29) is 16.1 Å². The summed E-state index contributed by atoms with van der Waals surface area (Å²) in [6.07, 6.45) is 3.67. The highest BCUT2D eigenvalue weighted by Gasteiger charge is 2.27. The summed E-state index contributed by atoms with van der Waals surface area (Å²) in [4.78, 5) is 14.9. The lowest BCUT2D eigenvalue weighted by Gasteiger charge is -2.36. The largest absolute Gasteiger partial charge is 0.379 e. The van der Waals surface area contributed by atoms with Gasteiger partial charge >= 0.3 is 0 Å². The highest BCUT2D eigenvalue weighted by molar-refractivity contribution is 5.96. The van der Waals surface area contributed by atoms with Crippen LogP contribution in [0.5, 0.6) is 0 Å². The van der Waals surface area contributed by atoms with Crippen molar-refractivity contribution in [2.45, 2.75) is 25.3 Å². The standard InChI is InChI=1S/C15H18N4O2/c1-15(6-9-16-10-7-15)18-12-5-8-17-14-11(12)3-2-4-13(14)19(20)21/h2-5,8,16H,6-7,9-10H2,1H3,(H,17,18). The molecule has 6 nitrogen and oxygen atoms in total. The fourth-order valence-electron chi connectivity index (χ4n) is 2.85. The first-order chi connectivity index (χ1) is 10.1. The van der Waals surface area contributed by atoms with Crippen molar-refractivity contribution in [1.82, 2.24) is 10.3 Å². The molecular weight excluding hydrogens is 268 g/mol. The van der Waals surface area contributed by atoms with Gasteiger partial charge < -0.3 is 10.6 Å². The third-order valence-corrected chi connectivity index (χ3v) is 4.09. The number of nitro groups is 1. The summed E-state index contributed by atoms with van der Waals surface area (Å²) in [6, 6.07) is 6.96. The number of piperidine rings is 1. The molecule has 0 bridgehead atoms. The predicted octanol–water partition coefficient (Wildman–Crippen LogP) is 2.70. The summed E-state index contributed by atoms with van der Waals surface area (Å²) in [5.74, 6) is 0. The van der Waals surface area contributed by atoms with E-state index in [0.717, 1.165) is 37.0 Å². The number of rotatable bonds is 3. The van der Waals surface area contributed by atoms with Crippen LogP contribution in [0.2, 0.25) is 0 Å². The molecule has 0 atom stereocenters. The van der Waals surface area contributed by atoms with Crippen LogP contribution in [0, 0.1) is 10.1 Å². The molecule has 1 aromatic carbocycles. The number of nitrogens with one attached hydrogen (secondary N) is 2. The van der Waals surface area contributed by atoms with Crippen LogP contribution in [0.3, 0.4) is 0 Å². The van der Waals surface area contributed by atoms with E-state index in [1.807, 2.05) is 12.1 Å². The Morgan fingerprint density at radius 1 is 1.33 bits per heavy atom. The topological polar surface area (TPSA) is 80.1 Å². The second-order valence-electron chi connectivity index (χ2n) is 5.72. The fourth-order valence-corrected chi connectivity index (χ4v) is 2.85. The van der Waals surface area contributed by atoms with Gasteiger partial charge in [-0.2, -0.15) is 0 Å². The Morgan fingerprint density at radius 2 is 2.10 bits per heavy atom. The van der Waals surface area contributed by atoms with Gasteiger partial charge in [-0.25, -0.2) is 4.98 Å². The Balaban J connectivity index is 2.03. The van der Waals surface area contributed by atoms with Gasteiger partial charge in [0.25, 0.3) is 5.69 Å². The number of hydrogen-bond acceptors (Lipinski definition) is 5. The normalized spacial score (nSPS) is 17.6. The van der Waals surface area contributed by atoms with Crippen LogP contribution in [0.1, 0.15) is 19.8 Å². The average Bonchev–Trinajstić information content (AvgIpc) is 2.47. The molecule has 0 radical (unpaired) electrons. The smallest absolute Gasteiger partial charge is 0.295 e. The second-order valence-corrected chi connectivity index (χ2v) is 5.72. The van der Waals surface area contributed by atoms with E-state index in [1.165, 1.54) is 6.07 Å². The van der Waals surface area contributed by atoms with E-state index >= 15 is 0 Å². The molecule has 1 aromatic heterocycles. The van der Waals surface area contributed by atoms with Crippen molar-refractivity contribution in [1.29, 1.82) is 0 Å². The molecule has 21 heavy (non-hydrogen) atoms. The van der Waals surface area contributed by atoms with Gasteiger partial charge in [-0.15, -0.1) is 0 Å². The van der Waals surface area contributed by atoms with Crippen LogP contribution in [0.4, 0.5) is 11.4 Å². The first-order valence-electron chi connectivity index (χ1n) is 7.10. The molecule has 2 aromatic rings. The van der Waals surface area contributed by atoms with Gasteiger partial charge in [-0.3, -0.25) is 10.1 Å². The number of para-hydroxylation sites is 1. The first-order valence-corrected chi connectivity index (χ1v) is 7.10. The zero-order chi connectivity index (χ0) is 14.9. The molecule has 0 spiro atoms. The van der Waals surface area contributed by atoms with Gasteiger partial charge in [-0.05, 0) is 38.9 Å². The minimum atomic E-state index is -0.384. The minimum absolute atomic E-state index is 0.00412. The van der Waals surface area contributed by atoms with Crippen LogP contribution in [-0.2, 0) is 0 Å². The SMILES string of the molecule is CC1(Nc2ccnc3c([N+](=O)[O-])cccc23)CCNCC1. The molecule has 0 aliphatic carbocycles. The molecular formula is C15H18N4O2. The second kappa shape index (κ2) is 5.29. The average molecular weight is 286 g/mol. The maximum Gasteiger partial charge on any atom is 0.295 e. The summed E-state index contributed by atoms with van der Waals surface area (Å²) in [5.41, 5.74) is 1.40. The summed E-state index contributed by atoms with van der Waals surface area (Å²) in [5, 5.41) is 18.8. The predicted molar refractivity (Wildman–Crippen MR) is 82.5 cm³/mol. The van der Waals surface area contributed by atoms with Crippen LogP contribution < -0.4 is 10.6 Å². The van der Waals surface area contributed by atoms with E-state index in [2.05, 4.69) is 22.5 Å². The zero-order valence-electron chi connectivity index (χ0n) is 11.9. The van der Waals surface area contributed by atoms with Crippen molar-refractivity contribution < 1.29 is 4.92 Å². The lowest BCUT2D eigenvalue weighted by molar-refractivity contribution is -0.383. The van der Waals surface area contributed by atoms with Crippen molar-refractivity contribution in [3.05, 3.63) is 40.6 Å². The van der Waals surface area contributed by atoms with E-state index in [9.17, 15) is 10.1 Å². The molecule has 0 amide bonds. The maximum absolute atomic E-state index is 11.1. The van der Waals surface area contributed by atoms with Crippen molar-refractivity contribution >= 4 is 22.3 Å². The zero-order valence-corrected chi connectivity index (χ0v) is 11.9. The molecule has 3 rings (SSSR count). The van der Waals surface area contributed by atoms with Crippen LogP contribution in [0.25, 0.3) is 10.9 Å². The van der Waals surface area contributed by atoms with E-state index in [0.29, 0.717) is 5.52 Å². The number of anilines is 1. The Bertz CT molecular complexity index is 680. The fraction of sp³-hybridized carbons (Fsp3) is 0.400. The minimum Gasteiger partial charge on any atom is -0.379 e. The van der Waals surface area contributed by atoms with Crippen molar-refractivity contribution in [3.8, 4) is 0 Å². The summed E-state index contributed by atoms with van der Waals surface area (Å²) >= 11 is 0. The van der Waals surface area contributed by atoms with Gasteiger partial charge in [0.15, 0.2) is 0 Å². The van der Waals surface area contributed by atoms with E-state index in [4.69, 9.17) is 0 Å². The molecule has 6 heteroatoms. The number of pyridine rings is 1. The number of aromatic nitrogens is 1. The number of benzene rings is 1. The van der Waals surface area contributed by atoms with Gasteiger partial charge in [0.1, 0.15) is 5.52 Å². The lowest BCUT2D eigenvalue weighted by Crippen LogP contribution is -2.45. The van der Waals surface area contributed by atoms with Gasteiger partial charge in [0, 0.05) is 28.9 Å². The highest BCUT2D eigenvalue weighted by atomic mass is 16.6. The van der Waals surface area contributed by atoms with Gasteiger partial charge in [0.2, 0.25) is 0 Å². The van der Waals surface area contributed by atoms with Crippen molar-refractivity contribution in [2.24, 2.45) is 0 Å². The molecule has 2 N–H and O–H groups in total. The number of fused-ring (bicyclic) bond motifs is 1. The molecule has 1 aliphatic rings. The molecule has 1 fully saturated rings. The molecule has 2 heterocycles. The lowest BCUT2D eigenvalue weighted by atomic mass is 9.90. The maximum atomic E-state index is 11.1. The van der Waals surface area contributed by atoms with Crippen LogP contribution in [0.15, 0.2) is 30.5 Å². The van der Waals surface area contributed by atoms with E-state index in [1.54, 1.807) is 12.3 Å². The first kappa shape index (κ1) is 13.8. The Labute approximate surface area is 122 Å². The molecule has 0 unspecified atom stereocenters. The summed E-state index contributed by atoms with van der Waals surface area (Å²) in [7, 11) is 0. The Hall–Kier alpha value is -2.21. The van der Waals surface area contributed by atoms with Crippen molar-refractivity contribution in [2.75, 3.05) is 18.4 Å².